The molecule has 1 aromatic rings. The molecule has 0 aromatic heterocycles. The first-order chi connectivity index (χ1) is 12.1. The van der Waals surface area contributed by atoms with Crippen LogP contribution in [-0.2, 0) is 14.6 Å². The number of rotatable bonds is 6. The van der Waals surface area contributed by atoms with Gasteiger partial charge in [-0.15, -0.1) is 0 Å². The summed E-state index contributed by atoms with van der Waals surface area (Å²) >= 11 is 0. The molecule has 0 heterocycles. The van der Waals surface area contributed by atoms with Gasteiger partial charge in [-0.1, -0.05) is 0 Å². The van der Waals surface area contributed by atoms with Crippen LogP contribution in [0.15, 0.2) is 23.1 Å². The normalized spacial score (nSPS) is 20.6. The first-order valence-electron chi connectivity index (χ1n) is 8.63. The first-order valence-corrected chi connectivity index (χ1v) is 10.5. The molecule has 1 saturated carbocycles. The summed E-state index contributed by atoms with van der Waals surface area (Å²) in [6.07, 6.45) is 3.83. The standard InChI is InChI=1S/C17H25N3O5S/c1-11(2)18-17(21)12-4-6-13(7-5-12)19-15-10-14(26(3,24)25)8-9-16(15)20(22)23/h8-13,19H,4-7H2,1-3H3,(H,18,21). The zero-order chi connectivity index (χ0) is 19.5. The van der Waals surface area contributed by atoms with Gasteiger partial charge in [0.15, 0.2) is 9.84 Å². The zero-order valence-corrected chi connectivity index (χ0v) is 16.0. The fourth-order valence-electron chi connectivity index (χ4n) is 3.14. The van der Waals surface area contributed by atoms with Gasteiger partial charge in [-0.25, -0.2) is 8.42 Å². The van der Waals surface area contributed by atoms with Crippen molar-refractivity contribution in [3.63, 3.8) is 0 Å². The van der Waals surface area contributed by atoms with E-state index in [1.165, 1.54) is 18.2 Å². The van der Waals surface area contributed by atoms with Crippen molar-refractivity contribution in [1.29, 1.82) is 0 Å². The van der Waals surface area contributed by atoms with Crippen molar-refractivity contribution in [2.24, 2.45) is 5.92 Å². The Hall–Kier alpha value is -2.16. The van der Waals surface area contributed by atoms with Gasteiger partial charge < -0.3 is 10.6 Å². The molecule has 1 aliphatic carbocycles. The number of carbonyl (C=O) groups is 1. The highest BCUT2D eigenvalue weighted by molar-refractivity contribution is 7.90. The minimum atomic E-state index is -3.46. The predicted octanol–water partition coefficient (Wildman–Crippen LogP) is 2.49. The Balaban J connectivity index is 2.09. The SMILES string of the molecule is CC(C)NC(=O)C1CCC(Nc2cc(S(C)(=O)=O)ccc2[N+](=O)[O-])CC1. The molecule has 144 valence electrons. The molecule has 26 heavy (non-hydrogen) atoms. The molecule has 0 aliphatic heterocycles. The molecule has 1 amide bonds. The van der Waals surface area contributed by atoms with E-state index < -0.39 is 14.8 Å². The van der Waals surface area contributed by atoms with E-state index in [1.54, 1.807) is 0 Å². The number of sulfone groups is 1. The van der Waals surface area contributed by atoms with Gasteiger partial charge in [0, 0.05) is 30.3 Å². The maximum absolute atomic E-state index is 12.1. The monoisotopic (exact) mass is 383 g/mol. The van der Waals surface area contributed by atoms with Crippen LogP contribution >= 0.6 is 0 Å². The van der Waals surface area contributed by atoms with E-state index in [-0.39, 0.29) is 40.2 Å². The lowest BCUT2D eigenvalue weighted by atomic mass is 9.85. The molecular weight excluding hydrogens is 358 g/mol. The Bertz CT molecular complexity index is 784. The minimum absolute atomic E-state index is 0.0355. The summed E-state index contributed by atoms with van der Waals surface area (Å²) in [4.78, 5) is 22.8. The molecule has 1 aliphatic rings. The second-order valence-electron chi connectivity index (χ2n) is 7.06. The molecule has 0 saturated heterocycles. The predicted molar refractivity (Wildman–Crippen MR) is 98.9 cm³/mol. The lowest BCUT2D eigenvalue weighted by Crippen LogP contribution is -2.38. The third kappa shape index (κ3) is 5.17. The summed E-state index contributed by atoms with van der Waals surface area (Å²) in [6.45, 7) is 3.83. The molecule has 0 unspecified atom stereocenters. The van der Waals surface area contributed by atoms with Gasteiger partial charge in [-0.3, -0.25) is 14.9 Å². The van der Waals surface area contributed by atoms with E-state index in [0.717, 1.165) is 6.26 Å². The maximum atomic E-state index is 12.1. The fraction of sp³-hybridized carbons (Fsp3) is 0.588. The Kier molecular flexibility index (Phi) is 6.22. The van der Waals surface area contributed by atoms with Crippen molar-refractivity contribution in [2.75, 3.05) is 11.6 Å². The number of nitro benzene ring substituents is 1. The average Bonchev–Trinajstić information content (AvgIpc) is 2.53. The molecular formula is C17H25N3O5S. The molecule has 2 N–H and O–H groups in total. The molecule has 1 fully saturated rings. The number of hydrogen-bond donors (Lipinski definition) is 2. The summed E-state index contributed by atoms with van der Waals surface area (Å²) in [7, 11) is -3.46. The van der Waals surface area contributed by atoms with Gasteiger partial charge in [0.2, 0.25) is 5.91 Å². The van der Waals surface area contributed by atoms with Crippen LogP contribution in [0.25, 0.3) is 0 Å². The first kappa shape index (κ1) is 20.2. The fourth-order valence-corrected chi connectivity index (χ4v) is 3.79. The summed E-state index contributed by atoms with van der Waals surface area (Å²) in [6, 6.07) is 3.82. The number of nitro groups is 1. The molecule has 0 spiro atoms. The van der Waals surface area contributed by atoms with Gasteiger partial charge >= 0.3 is 0 Å². The second kappa shape index (κ2) is 8.03. The second-order valence-corrected chi connectivity index (χ2v) is 9.08. The molecule has 0 radical (unpaired) electrons. The van der Waals surface area contributed by atoms with E-state index in [4.69, 9.17) is 0 Å². The smallest absolute Gasteiger partial charge is 0.292 e. The van der Waals surface area contributed by atoms with E-state index in [2.05, 4.69) is 10.6 Å². The zero-order valence-electron chi connectivity index (χ0n) is 15.2. The highest BCUT2D eigenvalue weighted by atomic mass is 32.2. The van der Waals surface area contributed by atoms with Crippen molar-refractivity contribution in [2.45, 2.75) is 56.5 Å². The largest absolute Gasteiger partial charge is 0.377 e. The van der Waals surface area contributed by atoms with Crippen LogP contribution < -0.4 is 10.6 Å². The third-order valence-corrected chi connectivity index (χ3v) is 5.59. The number of nitrogens with one attached hydrogen (secondary N) is 2. The molecule has 2 rings (SSSR count). The van der Waals surface area contributed by atoms with Crippen molar-refractivity contribution >= 4 is 27.1 Å². The van der Waals surface area contributed by atoms with Crippen LogP contribution in [-0.4, -0.2) is 37.6 Å². The molecule has 9 heteroatoms. The molecule has 1 aromatic carbocycles. The number of amides is 1. The van der Waals surface area contributed by atoms with Crippen LogP contribution in [0.3, 0.4) is 0 Å². The lowest BCUT2D eigenvalue weighted by molar-refractivity contribution is -0.384. The Morgan fingerprint density at radius 1 is 1.23 bits per heavy atom. The van der Waals surface area contributed by atoms with Crippen molar-refractivity contribution < 1.29 is 18.1 Å². The van der Waals surface area contributed by atoms with Gasteiger partial charge in [0.25, 0.3) is 5.69 Å². The summed E-state index contributed by atoms with van der Waals surface area (Å²) in [5.41, 5.74) is 0.0464. The number of hydrogen-bond acceptors (Lipinski definition) is 6. The van der Waals surface area contributed by atoms with Gasteiger partial charge in [0.05, 0.1) is 9.82 Å². The number of anilines is 1. The summed E-state index contributed by atoms with van der Waals surface area (Å²) in [5, 5.41) is 17.2. The van der Waals surface area contributed by atoms with E-state index >= 15 is 0 Å². The molecule has 0 atom stereocenters. The third-order valence-electron chi connectivity index (χ3n) is 4.48. The highest BCUT2D eigenvalue weighted by Crippen LogP contribution is 2.32. The average molecular weight is 383 g/mol. The van der Waals surface area contributed by atoms with E-state index in [1.807, 2.05) is 13.8 Å². The quantitative estimate of drug-likeness (QED) is 0.575. The number of nitrogens with zero attached hydrogens (tertiary/aromatic N) is 1. The Labute approximate surface area is 153 Å². The van der Waals surface area contributed by atoms with Crippen LogP contribution in [0.5, 0.6) is 0 Å². The van der Waals surface area contributed by atoms with E-state index in [9.17, 15) is 23.3 Å². The minimum Gasteiger partial charge on any atom is -0.377 e. The van der Waals surface area contributed by atoms with Crippen molar-refractivity contribution in [3.8, 4) is 0 Å². The summed E-state index contributed by atoms with van der Waals surface area (Å²) < 4.78 is 23.4. The van der Waals surface area contributed by atoms with Gasteiger partial charge in [-0.05, 0) is 51.7 Å². The molecule has 0 bridgehead atoms. The van der Waals surface area contributed by atoms with Crippen LogP contribution in [0.2, 0.25) is 0 Å². The van der Waals surface area contributed by atoms with Gasteiger partial charge in [0.1, 0.15) is 5.69 Å². The lowest BCUT2D eigenvalue weighted by Gasteiger charge is -2.29. The Morgan fingerprint density at radius 3 is 2.35 bits per heavy atom. The van der Waals surface area contributed by atoms with Crippen LogP contribution in [0.4, 0.5) is 11.4 Å². The topological polar surface area (TPSA) is 118 Å². The number of carbonyl (C=O) groups excluding carboxylic acids is 1. The van der Waals surface area contributed by atoms with Crippen molar-refractivity contribution in [1.82, 2.24) is 5.32 Å². The highest BCUT2D eigenvalue weighted by Gasteiger charge is 2.28. The van der Waals surface area contributed by atoms with Crippen LogP contribution in [0.1, 0.15) is 39.5 Å². The maximum Gasteiger partial charge on any atom is 0.292 e. The van der Waals surface area contributed by atoms with Crippen molar-refractivity contribution in [3.05, 3.63) is 28.3 Å². The molecule has 8 nitrogen and oxygen atoms in total. The van der Waals surface area contributed by atoms with Gasteiger partial charge in [-0.2, -0.15) is 0 Å². The van der Waals surface area contributed by atoms with E-state index in [0.29, 0.717) is 25.7 Å². The Morgan fingerprint density at radius 2 is 1.85 bits per heavy atom. The number of benzene rings is 1. The van der Waals surface area contributed by atoms with Crippen LogP contribution in [0, 0.1) is 16.0 Å². The summed E-state index contributed by atoms with van der Waals surface area (Å²) in [5.74, 6) is -0.00343.